The van der Waals surface area contributed by atoms with Gasteiger partial charge in [0.2, 0.25) is 0 Å². The van der Waals surface area contributed by atoms with Crippen LogP contribution in [0.1, 0.15) is 40.6 Å². The van der Waals surface area contributed by atoms with Gasteiger partial charge in [-0.3, -0.25) is 5.32 Å². The first-order valence-electron chi connectivity index (χ1n) is 8.04. The first-order chi connectivity index (χ1) is 11.0. The largest absolute Gasteiger partial charge is 0.462 e. The molecule has 2 rings (SSSR count). The van der Waals surface area contributed by atoms with Crippen LogP contribution in [0.3, 0.4) is 0 Å². The topological polar surface area (TPSA) is 70.7 Å². The molecule has 0 aromatic carbocycles. The van der Waals surface area contributed by atoms with E-state index in [9.17, 15) is 9.59 Å². The van der Waals surface area contributed by atoms with Crippen LogP contribution >= 0.6 is 11.3 Å². The van der Waals surface area contributed by atoms with Crippen molar-refractivity contribution >= 4 is 28.3 Å². The maximum Gasteiger partial charge on any atom is 0.341 e. The summed E-state index contributed by atoms with van der Waals surface area (Å²) < 4.78 is 5.15. The fraction of sp³-hybridized carbons (Fsp3) is 0.625. The summed E-state index contributed by atoms with van der Waals surface area (Å²) >= 11 is 1.49. The smallest absolute Gasteiger partial charge is 0.341 e. The summed E-state index contributed by atoms with van der Waals surface area (Å²) in [6.45, 7) is 3.64. The van der Waals surface area contributed by atoms with Gasteiger partial charge in [-0.05, 0) is 58.8 Å². The van der Waals surface area contributed by atoms with E-state index in [1.54, 1.807) is 6.92 Å². The molecule has 23 heavy (non-hydrogen) atoms. The van der Waals surface area contributed by atoms with Gasteiger partial charge in [0.25, 0.3) is 0 Å². The van der Waals surface area contributed by atoms with Crippen molar-refractivity contribution in [1.29, 1.82) is 0 Å². The second-order valence-corrected chi connectivity index (χ2v) is 6.92. The van der Waals surface area contributed by atoms with E-state index in [0.717, 1.165) is 37.8 Å². The summed E-state index contributed by atoms with van der Waals surface area (Å²) in [6.07, 6.45) is 3.79. The van der Waals surface area contributed by atoms with Crippen LogP contribution in [0.4, 0.5) is 9.80 Å². The molecular formula is C16H25N3O3S. The molecule has 0 atom stereocenters. The third-order valence-corrected chi connectivity index (χ3v) is 4.90. The normalized spacial score (nSPS) is 13.0. The van der Waals surface area contributed by atoms with Crippen molar-refractivity contribution in [1.82, 2.24) is 10.2 Å². The summed E-state index contributed by atoms with van der Waals surface area (Å²) in [6, 6.07) is -0.269. The fourth-order valence-corrected chi connectivity index (χ4v) is 3.93. The molecule has 0 saturated carbocycles. The number of rotatable bonds is 7. The van der Waals surface area contributed by atoms with Crippen molar-refractivity contribution in [3.8, 4) is 0 Å². The average molecular weight is 339 g/mol. The van der Waals surface area contributed by atoms with Gasteiger partial charge in [-0.1, -0.05) is 0 Å². The van der Waals surface area contributed by atoms with Crippen molar-refractivity contribution in [2.75, 3.05) is 39.1 Å². The Labute approximate surface area is 141 Å². The fourth-order valence-electron chi connectivity index (χ4n) is 2.66. The first-order valence-corrected chi connectivity index (χ1v) is 8.85. The number of urea groups is 1. The predicted octanol–water partition coefficient (Wildman–Crippen LogP) is 2.49. The highest BCUT2D eigenvalue weighted by Crippen LogP contribution is 2.39. The molecule has 1 aromatic rings. The summed E-state index contributed by atoms with van der Waals surface area (Å²) in [4.78, 5) is 27.5. The lowest BCUT2D eigenvalue weighted by molar-refractivity contribution is 0.0527. The second-order valence-electron chi connectivity index (χ2n) is 5.82. The minimum absolute atomic E-state index is 0.269. The van der Waals surface area contributed by atoms with Gasteiger partial charge in [0.1, 0.15) is 5.00 Å². The van der Waals surface area contributed by atoms with Gasteiger partial charge in [-0.2, -0.15) is 0 Å². The van der Waals surface area contributed by atoms with Gasteiger partial charge >= 0.3 is 12.0 Å². The Bertz CT molecular complexity index is 569. The molecule has 7 heteroatoms. The number of nitrogens with zero attached hydrogens (tertiary/aromatic N) is 1. The maximum atomic E-state index is 12.2. The van der Waals surface area contributed by atoms with Crippen LogP contribution in [0.15, 0.2) is 0 Å². The third-order valence-electron chi connectivity index (χ3n) is 3.70. The SMILES string of the molecule is CCOC(=O)c1c(NC(=O)NCCCN(C)C)sc2c1CCC2. The Morgan fingerprint density at radius 1 is 1.30 bits per heavy atom. The summed E-state index contributed by atoms with van der Waals surface area (Å²) in [7, 11) is 4.00. The number of carbonyl (C=O) groups excluding carboxylic acids is 2. The molecule has 0 fully saturated rings. The summed E-state index contributed by atoms with van der Waals surface area (Å²) in [5.74, 6) is -0.338. The van der Waals surface area contributed by atoms with Crippen LogP contribution in [0, 0.1) is 0 Å². The highest BCUT2D eigenvalue weighted by molar-refractivity contribution is 7.17. The van der Waals surface area contributed by atoms with E-state index < -0.39 is 0 Å². The van der Waals surface area contributed by atoms with Crippen molar-refractivity contribution in [2.24, 2.45) is 0 Å². The third kappa shape index (κ3) is 4.68. The molecule has 0 radical (unpaired) electrons. The lowest BCUT2D eigenvalue weighted by Crippen LogP contribution is -2.31. The second kappa shape index (κ2) is 8.31. The molecule has 1 aliphatic rings. The maximum absolute atomic E-state index is 12.2. The molecule has 1 heterocycles. The van der Waals surface area contributed by atoms with E-state index >= 15 is 0 Å². The van der Waals surface area contributed by atoms with Gasteiger partial charge in [0.15, 0.2) is 0 Å². The van der Waals surface area contributed by atoms with E-state index in [0.29, 0.717) is 23.7 Å². The lowest BCUT2D eigenvalue weighted by Gasteiger charge is -2.11. The zero-order chi connectivity index (χ0) is 16.8. The summed E-state index contributed by atoms with van der Waals surface area (Å²) in [5, 5.41) is 6.26. The zero-order valence-corrected chi connectivity index (χ0v) is 14.8. The molecule has 0 aliphatic heterocycles. The Balaban J connectivity index is 1.99. The molecule has 2 N–H and O–H groups in total. The number of amides is 2. The molecule has 1 aromatic heterocycles. The number of fused-ring (bicyclic) bond motifs is 1. The van der Waals surface area contributed by atoms with Crippen LogP contribution in [0.2, 0.25) is 0 Å². The number of carbonyl (C=O) groups is 2. The molecule has 1 aliphatic carbocycles. The molecule has 128 valence electrons. The molecule has 0 bridgehead atoms. The van der Waals surface area contributed by atoms with Crippen LogP contribution in [-0.4, -0.2) is 50.7 Å². The van der Waals surface area contributed by atoms with Crippen molar-refractivity contribution in [3.63, 3.8) is 0 Å². The van der Waals surface area contributed by atoms with Gasteiger partial charge in [-0.15, -0.1) is 11.3 Å². The molecule has 0 spiro atoms. The monoisotopic (exact) mass is 339 g/mol. The highest BCUT2D eigenvalue weighted by Gasteiger charge is 2.28. The molecule has 0 saturated heterocycles. The van der Waals surface area contributed by atoms with Crippen LogP contribution < -0.4 is 10.6 Å². The predicted molar refractivity (Wildman–Crippen MR) is 92.5 cm³/mol. The van der Waals surface area contributed by atoms with Crippen LogP contribution in [0.5, 0.6) is 0 Å². The number of aryl methyl sites for hydroxylation is 1. The standard InChI is InChI=1S/C16H25N3O3S/c1-4-22-15(20)13-11-7-5-8-12(11)23-14(13)18-16(21)17-9-6-10-19(2)3/h4-10H2,1-3H3,(H2,17,18,21). The van der Waals surface area contributed by atoms with E-state index in [2.05, 4.69) is 15.5 Å². The number of anilines is 1. The van der Waals surface area contributed by atoms with Gasteiger partial charge < -0.3 is 15.0 Å². The Kier molecular flexibility index (Phi) is 6.41. The Morgan fingerprint density at radius 3 is 2.78 bits per heavy atom. The summed E-state index contributed by atoms with van der Waals surface area (Å²) in [5.41, 5.74) is 1.60. The number of nitrogens with one attached hydrogen (secondary N) is 2. The van der Waals surface area contributed by atoms with E-state index in [4.69, 9.17) is 4.74 Å². The van der Waals surface area contributed by atoms with E-state index in [1.165, 1.54) is 16.2 Å². The number of ether oxygens (including phenoxy) is 1. The molecular weight excluding hydrogens is 314 g/mol. The van der Waals surface area contributed by atoms with Crippen LogP contribution in [0.25, 0.3) is 0 Å². The zero-order valence-electron chi connectivity index (χ0n) is 14.0. The molecule has 6 nitrogen and oxygen atoms in total. The first kappa shape index (κ1) is 17.7. The van der Waals surface area contributed by atoms with Gasteiger partial charge in [-0.25, -0.2) is 9.59 Å². The van der Waals surface area contributed by atoms with E-state index in [1.807, 2.05) is 14.1 Å². The lowest BCUT2D eigenvalue weighted by atomic mass is 10.1. The van der Waals surface area contributed by atoms with Crippen molar-refractivity contribution in [3.05, 3.63) is 16.0 Å². The minimum Gasteiger partial charge on any atom is -0.462 e. The molecule has 0 unspecified atom stereocenters. The number of hydrogen-bond donors (Lipinski definition) is 2. The van der Waals surface area contributed by atoms with Crippen LogP contribution in [-0.2, 0) is 17.6 Å². The Hall–Kier alpha value is -1.60. The highest BCUT2D eigenvalue weighted by atomic mass is 32.1. The minimum atomic E-state index is -0.338. The van der Waals surface area contributed by atoms with Crippen molar-refractivity contribution in [2.45, 2.75) is 32.6 Å². The quantitative estimate of drug-likeness (QED) is 0.591. The Morgan fingerprint density at radius 2 is 2.09 bits per heavy atom. The van der Waals surface area contributed by atoms with E-state index in [-0.39, 0.29) is 12.0 Å². The van der Waals surface area contributed by atoms with Gasteiger partial charge in [0.05, 0.1) is 12.2 Å². The molecule has 2 amide bonds. The number of esters is 1. The van der Waals surface area contributed by atoms with Crippen molar-refractivity contribution < 1.29 is 14.3 Å². The number of hydrogen-bond acceptors (Lipinski definition) is 5. The average Bonchev–Trinajstić information content (AvgIpc) is 3.03. The van der Waals surface area contributed by atoms with Gasteiger partial charge in [0, 0.05) is 11.4 Å². The number of thiophene rings is 1.